The van der Waals surface area contributed by atoms with E-state index in [1.54, 1.807) is 74.8 Å². The lowest BCUT2D eigenvalue weighted by atomic mass is 9.87. The van der Waals surface area contributed by atoms with E-state index < -0.39 is 39.3 Å². The zero-order valence-electron chi connectivity index (χ0n) is 43.4. The number of hydrogen-bond donors (Lipinski definition) is 3. The number of ketones is 1. The standard InChI is InChI=1S/C31H32ClN7O6S.C25H19N5O2S/c1-6-37(30(42)46-29-34-35-36-38(29)21-10-8-7-9-11-21)18-20-17-22(39(43)44)13-15-25(20)45-26(27(40)31(3,4)5)28(41)33-24-16-19(2)12-14-23(24)32;1-16-9-5-8-14-21(16)26-24(32)20-15-22(18-12-6-7-13-19(18)23(20)31)33-25-27-28-29-30(25)17-10-3-2-4-11-17/h7-17,26H,6,18H2,1-5H3,(H,33,41);2-15,31H,1H3,(H,26,32). The van der Waals surface area contributed by atoms with Gasteiger partial charge in [0, 0.05) is 57.4 Å². The number of benzene rings is 7. The van der Waals surface area contributed by atoms with Crippen LogP contribution in [0.4, 0.5) is 21.9 Å². The predicted molar refractivity (Wildman–Crippen MR) is 301 cm³/mol. The van der Waals surface area contributed by atoms with Crippen LogP contribution < -0.4 is 15.4 Å². The first-order chi connectivity index (χ1) is 37.9. The fourth-order valence-corrected chi connectivity index (χ4v) is 9.70. The Morgan fingerprint density at radius 2 is 1.37 bits per heavy atom. The molecule has 20 nitrogen and oxygen atoms in total. The molecule has 3 amide bonds. The number of non-ortho nitro benzene ring substituents is 1. The van der Waals surface area contributed by atoms with Gasteiger partial charge >= 0.3 is 0 Å². The minimum Gasteiger partial charge on any atom is -0.506 e. The Bertz CT molecular complexity index is 3710. The lowest BCUT2D eigenvalue weighted by Gasteiger charge is -2.27. The van der Waals surface area contributed by atoms with Crippen LogP contribution in [0.5, 0.6) is 11.5 Å². The number of phenols is 1. The third-order valence-corrected chi connectivity index (χ3v) is 14.2. The molecule has 0 aliphatic carbocycles. The Hall–Kier alpha value is -8.99. The van der Waals surface area contributed by atoms with Crippen LogP contribution in [0, 0.1) is 29.4 Å². The van der Waals surface area contributed by atoms with Crippen LogP contribution in [-0.2, 0) is 16.1 Å². The van der Waals surface area contributed by atoms with Crippen molar-refractivity contribution in [1.29, 1.82) is 0 Å². The first-order valence-electron chi connectivity index (χ1n) is 24.4. The van der Waals surface area contributed by atoms with Crippen molar-refractivity contribution in [2.24, 2.45) is 5.41 Å². The quantitative estimate of drug-likeness (QED) is 0.0352. The van der Waals surface area contributed by atoms with Gasteiger partial charge in [-0.15, -0.1) is 10.2 Å². The average molecular weight is 1120 g/mol. The Labute approximate surface area is 466 Å². The molecule has 2 heterocycles. The van der Waals surface area contributed by atoms with E-state index in [0.29, 0.717) is 27.6 Å². The number of aromatic nitrogens is 8. The average Bonchev–Trinajstić information content (AvgIpc) is 4.20. The molecule has 0 radical (unpaired) electrons. The van der Waals surface area contributed by atoms with Crippen LogP contribution in [-0.4, -0.2) is 90.8 Å². The van der Waals surface area contributed by atoms with E-state index in [1.807, 2.05) is 105 Å². The van der Waals surface area contributed by atoms with Crippen molar-refractivity contribution in [3.05, 3.63) is 189 Å². The van der Waals surface area contributed by atoms with Gasteiger partial charge in [-0.25, -0.2) is 0 Å². The number of phenolic OH excluding ortho intramolecular Hbond substituents is 1. The van der Waals surface area contributed by atoms with Crippen LogP contribution in [0.3, 0.4) is 0 Å². The number of fused-ring (bicyclic) bond motifs is 1. The molecule has 9 rings (SSSR count). The number of aromatic hydroxyl groups is 1. The summed E-state index contributed by atoms with van der Waals surface area (Å²) in [6, 6.07) is 44.0. The van der Waals surface area contributed by atoms with Crippen molar-refractivity contribution in [3.63, 3.8) is 0 Å². The SMILES string of the molecule is CCN(Cc1cc([N+](=O)[O-])ccc1OC(C(=O)Nc1cc(C)ccc1Cl)C(=O)C(C)(C)C)C(=O)Sc1nnnn1-c1ccccc1.Cc1ccccc1NC(=O)c1cc(Sc2nnnn2-c2ccccc2)c2ccccc2c1O. The number of tetrazole rings is 2. The number of amides is 3. The summed E-state index contributed by atoms with van der Waals surface area (Å²) in [5.41, 5.74) is 3.36. The fourth-order valence-electron chi connectivity index (χ4n) is 7.78. The number of aryl methyl sites for hydroxylation is 2. The summed E-state index contributed by atoms with van der Waals surface area (Å²) in [5, 5.41) is 53.9. The maximum Gasteiger partial charge on any atom is 0.289 e. The number of carbonyl (C=O) groups excluding carboxylic acids is 4. The molecule has 0 bridgehead atoms. The van der Waals surface area contributed by atoms with E-state index in [-0.39, 0.29) is 51.6 Å². The molecule has 0 aliphatic rings. The molecule has 2 aromatic heterocycles. The largest absolute Gasteiger partial charge is 0.506 e. The minimum absolute atomic E-state index is 0.0176. The molecule has 0 saturated carbocycles. The van der Waals surface area contributed by atoms with Gasteiger partial charge in [0.25, 0.3) is 22.7 Å². The number of thioether (sulfide) groups is 1. The molecule has 402 valence electrons. The number of rotatable bonds is 16. The Balaban J connectivity index is 0.000000219. The first kappa shape index (κ1) is 56.2. The van der Waals surface area contributed by atoms with E-state index >= 15 is 0 Å². The van der Waals surface area contributed by atoms with Crippen LogP contribution in [0.1, 0.15) is 54.7 Å². The fraction of sp³-hybridized carbons (Fsp3) is 0.179. The third-order valence-electron chi connectivity index (χ3n) is 12.0. The van der Waals surface area contributed by atoms with E-state index in [9.17, 15) is 34.4 Å². The lowest BCUT2D eigenvalue weighted by Crippen LogP contribution is -2.45. The highest BCUT2D eigenvalue weighted by molar-refractivity contribution is 8.13. The van der Waals surface area contributed by atoms with Gasteiger partial charge in [0.1, 0.15) is 11.5 Å². The topological polar surface area (TPSA) is 255 Å². The van der Waals surface area contributed by atoms with Gasteiger partial charge < -0.3 is 25.4 Å². The van der Waals surface area contributed by atoms with Crippen molar-refractivity contribution < 1.29 is 33.9 Å². The molecular formula is C56H51ClN12O8S2. The zero-order chi connectivity index (χ0) is 56.4. The van der Waals surface area contributed by atoms with Crippen molar-refractivity contribution in [2.75, 3.05) is 17.2 Å². The first-order valence-corrected chi connectivity index (χ1v) is 26.4. The van der Waals surface area contributed by atoms with Crippen LogP contribution in [0.25, 0.3) is 22.1 Å². The number of ether oxygens (including phenoxy) is 1. The molecule has 9 aromatic rings. The third kappa shape index (κ3) is 13.6. The molecular weight excluding hydrogens is 1070 g/mol. The highest BCUT2D eigenvalue weighted by atomic mass is 35.5. The van der Waals surface area contributed by atoms with Crippen molar-refractivity contribution in [1.82, 2.24) is 45.3 Å². The van der Waals surface area contributed by atoms with Crippen molar-refractivity contribution in [2.45, 2.75) is 69.4 Å². The molecule has 79 heavy (non-hydrogen) atoms. The van der Waals surface area contributed by atoms with Crippen LogP contribution in [0.15, 0.2) is 167 Å². The summed E-state index contributed by atoms with van der Waals surface area (Å²) in [6.07, 6.45) is -1.65. The normalized spacial score (nSPS) is 11.5. The van der Waals surface area contributed by atoms with Gasteiger partial charge in [0.05, 0.1) is 39.1 Å². The number of Topliss-reactive ketones (excluding diaryl/α,β-unsaturated/α-hetero) is 1. The van der Waals surface area contributed by atoms with Gasteiger partial charge in [-0.3, -0.25) is 29.3 Å². The summed E-state index contributed by atoms with van der Waals surface area (Å²) < 4.78 is 9.13. The number of halogens is 1. The number of nitrogens with zero attached hydrogens (tertiary/aromatic N) is 10. The van der Waals surface area contributed by atoms with E-state index in [0.717, 1.165) is 38.9 Å². The van der Waals surface area contributed by atoms with Crippen LogP contribution >= 0.6 is 35.1 Å². The Morgan fingerprint density at radius 1 is 0.759 bits per heavy atom. The predicted octanol–water partition coefficient (Wildman–Crippen LogP) is 11.5. The number of nitro groups is 1. The second-order valence-corrected chi connectivity index (χ2v) is 21.0. The van der Waals surface area contributed by atoms with E-state index in [1.165, 1.54) is 39.5 Å². The Kier molecular flexibility index (Phi) is 17.8. The smallest absolute Gasteiger partial charge is 0.289 e. The summed E-state index contributed by atoms with van der Waals surface area (Å²) >= 11 is 8.40. The monoisotopic (exact) mass is 1120 g/mol. The minimum atomic E-state index is -1.65. The molecule has 0 spiro atoms. The van der Waals surface area contributed by atoms with Crippen molar-refractivity contribution in [3.8, 4) is 22.9 Å². The van der Waals surface area contributed by atoms with Gasteiger partial charge in [-0.1, -0.05) is 117 Å². The molecule has 1 atom stereocenters. The van der Waals surface area contributed by atoms with Gasteiger partial charge in [-0.2, -0.15) is 9.36 Å². The highest BCUT2D eigenvalue weighted by Crippen LogP contribution is 2.40. The Morgan fingerprint density at radius 3 is 2.00 bits per heavy atom. The molecule has 0 saturated heterocycles. The van der Waals surface area contributed by atoms with Gasteiger partial charge in [0.15, 0.2) is 5.78 Å². The second-order valence-electron chi connectivity index (χ2n) is 18.6. The molecule has 0 fully saturated rings. The van der Waals surface area contributed by atoms with Gasteiger partial charge in [0.2, 0.25) is 16.4 Å². The second kappa shape index (κ2) is 25.0. The molecule has 23 heteroatoms. The van der Waals surface area contributed by atoms with Crippen LogP contribution in [0.2, 0.25) is 5.02 Å². The number of nitro benzene ring substituents is 1. The van der Waals surface area contributed by atoms with Crippen molar-refractivity contribution >= 4 is 85.8 Å². The number of carbonyl (C=O) groups is 4. The lowest BCUT2D eigenvalue weighted by molar-refractivity contribution is -0.385. The molecule has 1 unspecified atom stereocenters. The number of hydrogen-bond acceptors (Lipinski definition) is 16. The maximum atomic E-state index is 13.6. The zero-order valence-corrected chi connectivity index (χ0v) is 45.8. The van der Waals surface area contributed by atoms with E-state index in [4.69, 9.17) is 16.3 Å². The summed E-state index contributed by atoms with van der Waals surface area (Å²) in [5.74, 6) is -1.75. The van der Waals surface area contributed by atoms with E-state index in [2.05, 4.69) is 41.7 Å². The summed E-state index contributed by atoms with van der Waals surface area (Å²) in [4.78, 5) is 67.0. The highest BCUT2D eigenvalue weighted by Gasteiger charge is 2.38. The molecule has 0 aliphatic heterocycles. The number of para-hydroxylation sites is 3. The van der Waals surface area contributed by atoms with Gasteiger partial charge in [-0.05, 0) is 124 Å². The molecule has 7 aromatic carbocycles. The summed E-state index contributed by atoms with van der Waals surface area (Å²) in [6.45, 7) is 10.5. The summed E-state index contributed by atoms with van der Waals surface area (Å²) in [7, 11) is 0. The number of nitrogens with one attached hydrogen (secondary N) is 2. The number of anilines is 2. The maximum absolute atomic E-state index is 13.6. The molecule has 3 N–H and O–H groups in total.